The number of rotatable bonds is 5. The fraction of sp³-hybridized carbons (Fsp3) is 0.588. The zero-order valence-electron chi connectivity index (χ0n) is 12.9. The van der Waals surface area contributed by atoms with Gasteiger partial charge in [-0.2, -0.15) is 0 Å². The van der Waals surface area contributed by atoms with Crippen LogP contribution in [0.3, 0.4) is 0 Å². The Kier molecular flexibility index (Phi) is 6.43. The van der Waals surface area contributed by atoms with E-state index in [0.717, 1.165) is 23.5 Å². The highest BCUT2D eigenvalue weighted by atomic mass is 32.2. The van der Waals surface area contributed by atoms with E-state index in [1.807, 2.05) is 31.2 Å². The Bertz CT molecular complexity index is 439. The molecule has 4 heteroatoms. The van der Waals surface area contributed by atoms with Crippen LogP contribution in [0.25, 0.3) is 0 Å². The van der Waals surface area contributed by atoms with E-state index < -0.39 is 0 Å². The van der Waals surface area contributed by atoms with Gasteiger partial charge in [0, 0.05) is 10.9 Å². The van der Waals surface area contributed by atoms with Crippen LogP contribution in [-0.2, 0) is 4.79 Å². The molecule has 0 unspecified atom stereocenters. The van der Waals surface area contributed by atoms with Crippen molar-refractivity contribution in [2.24, 2.45) is 0 Å². The van der Waals surface area contributed by atoms with Crippen LogP contribution in [0.1, 0.15) is 45.4 Å². The Morgan fingerprint density at radius 1 is 1.19 bits per heavy atom. The first-order chi connectivity index (χ1) is 10.2. The third-order valence-corrected chi connectivity index (χ3v) is 5.06. The molecule has 1 fully saturated rings. The number of amides is 1. The predicted molar refractivity (Wildman–Crippen MR) is 87.9 cm³/mol. The molecule has 1 aromatic carbocycles. The summed E-state index contributed by atoms with van der Waals surface area (Å²) < 4.78 is 5.15. The number of carbonyl (C=O) groups is 1. The van der Waals surface area contributed by atoms with Gasteiger partial charge in [-0.05, 0) is 44.0 Å². The van der Waals surface area contributed by atoms with Crippen molar-refractivity contribution < 1.29 is 9.53 Å². The highest BCUT2D eigenvalue weighted by Gasteiger charge is 2.19. The van der Waals surface area contributed by atoms with Crippen LogP contribution >= 0.6 is 11.8 Å². The minimum atomic E-state index is -0.0679. The summed E-state index contributed by atoms with van der Waals surface area (Å²) in [6.45, 7) is 1.97. The van der Waals surface area contributed by atoms with Crippen LogP contribution in [0.15, 0.2) is 29.2 Å². The first-order valence-corrected chi connectivity index (χ1v) is 8.68. The summed E-state index contributed by atoms with van der Waals surface area (Å²) >= 11 is 1.60. The zero-order chi connectivity index (χ0) is 15.1. The molecule has 1 N–H and O–H groups in total. The molecule has 0 bridgehead atoms. The summed E-state index contributed by atoms with van der Waals surface area (Å²) in [6, 6.07) is 8.23. The van der Waals surface area contributed by atoms with Crippen molar-refractivity contribution in [3.05, 3.63) is 24.3 Å². The van der Waals surface area contributed by atoms with Gasteiger partial charge in [-0.3, -0.25) is 4.79 Å². The van der Waals surface area contributed by atoms with Gasteiger partial charge in [0.15, 0.2) is 0 Å². The van der Waals surface area contributed by atoms with Gasteiger partial charge in [-0.15, -0.1) is 11.8 Å². The quantitative estimate of drug-likeness (QED) is 0.659. The molecule has 1 aliphatic carbocycles. The summed E-state index contributed by atoms with van der Waals surface area (Å²) in [5, 5.41) is 3.15. The fourth-order valence-corrected chi connectivity index (χ4v) is 3.53. The van der Waals surface area contributed by atoms with E-state index in [9.17, 15) is 4.79 Å². The average Bonchev–Trinajstić information content (AvgIpc) is 2.76. The number of ether oxygens (including phenoxy) is 1. The van der Waals surface area contributed by atoms with Gasteiger partial charge in [0.25, 0.3) is 0 Å². The van der Waals surface area contributed by atoms with Crippen molar-refractivity contribution >= 4 is 17.7 Å². The molecule has 0 aromatic heterocycles. The van der Waals surface area contributed by atoms with E-state index in [2.05, 4.69) is 5.32 Å². The minimum absolute atomic E-state index is 0.0679. The lowest BCUT2D eigenvalue weighted by Gasteiger charge is -2.19. The van der Waals surface area contributed by atoms with Gasteiger partial charge in [0.05, 0.1) is 12.4 Å². The standard InChI is InChI=1S/C17H25NO2S/c1-13(21-16-11-9-15(20-2)10-12-16)17(19)18-14-7-5-3-4-6-8-14/h9-14H,3-8H2,1-2H3,(H,18,19)/t13-/m1/s1. The van der Waals surface area contributed by atoms with E-state index in [-0.39, 0.29) is 11.2 Å². The Morgan fingerprint density at radius 2 is 1.81 bits per heavy atom. The molecule has 1 atom stereocenters. The maximum Gasteiger partial charge on any atom is 0.233 e. The number of carbonyl (C=O) groups excluding carboxylic acids is 1. The number of nitrogens with one attached hydrogen (secondary N) is 1. The van der Waals surface area contributed by atoms with Crippen LogP contribution in [0.2, 0.25) is 0 Å². The van der Waals surface area contributed by atoms with E-state index in [1.165, 1.54) is 25.7 Å². The number of methoxy groups -OCH3 is 1. The summed E-state index contributed by atoms with van der Waals surface area (Å²) in [7, 11) is 1.66. The van der Waals surface area contributed by atoms with E-state index in [1.54, 1.807) is 18.9 Å². The van der Waals surface area contributed by atoms with E-state index in [4.69, 9.17) is 4.74 Å². The Labute approximate surface area is 131 Å². The highest BCUT2D eigenvalue weighted by Crippen LogP contribution is 2.26. The van der Waals surface area contributed by atoms with Crippen molar-refractivity contribution in [2.75, 3.05) is 7.11 Å². The largest absolute Gasteiger partial charge is 0.497 e. The van der Waals surface area contributed by atoms with Gasteiger partial charge in [0.2, 0.25) is 5.91 Å². The number of hydrogen-bond acceptors (Lipinski definition) is 3. The molecule has 0 saturated heterocycles. The SMILES string of the molecule is COc1ccc(S[C@H](C)C(=O)NC2CCCCCC2)cc1. The molecule has 1 saturated carbocycles. The molecule has 3 nitrogen and oxygen atoms in total. The molecular formula is C17H25NO2S. The second kappa shape index (κ2) is 8.32. The van der Waals surface area contributed by atoms with Crippen LogP contribution in [0.5, 0.6) is 5.75 Å². The summed E-state index contributed by atoms with van der Waals surface area (Å²) in [5.74, 6) is 0.998. The Balaban J connectivity index is 1.83. The summed E-state index contributed by atoms with van der Waals surface area (Å²) in [5.41, 5.74) is 0. The lowest BCUT2D eigenvalue weighted by Crippen LogP contribution is -2.39. The van der Waals surface area contributed by atoms with Crippen LogP contribution < -0.4 is 10.1 Å². The zero-order valence-corrected chi connectivity index (χ0v) is 13.7. The summed E-state index contributed by atoms with van der Waals surface area (Å²) in [6.07, 6.45) is 7.36. The molecule has 2 rings (SSSR count). The van der Waals surface area contributed by atoms with Crippen LogP contribution in [0.4, 0.5) is 0 Å². The topological polar surface area (TPSA) is 38.3 Å². The third-order valence-electron chi connectivity index (χ3n) is 3.94. The van der Waals surface area contributed by atoms with Crippen molar-refractivity contribution in [3.8, 4) is 5.75 Å². The normalized spacial score (nSPS) is 17.8. The lowest BCUT2D eigenvalue weighted by atomic mass is 10.1. The second-order valence-corrected chi connectivity index (χ2v) is 7.05. The van der Waals surface area contributed by atoms with Gasteiger partial charge >= 0.3 is 0 Å². The van der Waals surface area contributed by atoms with Crippen molar-refractivity contribution in [3.63, 3.8) is 0 Å². The van der Waals surface area contributed by atoms with E-state index in [0.29, 0.717) is 6.04 Å². The first-order valence-electron chi connectivity index (χ1n) is 7.80. The monoisotopic (exact) mass is 307 g/mol. The number of benzene rings is 1. The average molecular weight is 307 g/mol. The van der Waals surface area contributed by atoms with E-state index >= 15 is 0 Å². The number of hydrogen-bond donors (Lipinski definition) is 1. The maximum absolute atomic E-state index is 12.3. The molecule has 0 heterocycles. The molecule has 21 heavy (non-hydrogen) atoms. The predicted octanol–water partition coefficient (Wildman–Crippen LogP) is 4.01. The van der Waals surface area contributed by atoms with Gasteiger partial charge in [-0.25, -0.2) is 0 Å². The van der Waals surface area contributed by atoms with Gasteiger partial charge in [-0.1, -0.05) is 25.7 Å². The van der Waals surface area contributed by atoms with Crippen molar-refractivity contribution in [1.29, 1.82) is 0 Å². The first kappa shape index (κ1) is 16.2. The third kappa shape index (κ3) is 5.27. The molecule has 0 spiro atoms. The second-order valence-electron chi connectivity index (χ2n) is 5.63. The molecule has 0 aliphatic heterocycles. The minimum Gasteiger partial charge on any atom is -0.497 e. The fourth-order valence-electron chi connectivity index (χ4n) is 2.65. The summed E-state index contributed by atoms with van der Waals surface area (Å²) in [4.78, 5) is 13.4. The molecule has 116 valence electrons. The smallest absolute Gasteiger partial charge is 0.233 e. The van der Waals surface area contributed by atoms with Crippen LogP contribution in [-0.4, -0.2) is 24.3 Å². The highest BCUT2D eigenvalue weighted by molar-refractivity contribution is 8.00. The lowest BCUT2D eigenvalue weighted by molar-refractivity contribution is -0.121. The maximum atomic E-state index is 12.3. The molecule has 1 aliphatic rings. The molecule has 1 aromatic rings. The Morgan fingerprint density at radius 3 is 2.38 bits per heavy atom. The van der Waals surface area contributed by atoms with Gasteiger partial charge < -0.3 is 10.1 Å². The molecule has 1 amide bonds. The van der Waals surface area contributed by atoms with Crippen molar-refractivity contribution in [2.45, 2.75) is 61.6 Å². The number of thioether (sulfide) groups is 1. The Hall–Kier alpha value is -1.16. The molecular weight excluding hydrogens is 282 g/mol. The van der Waals surface area contributed by atoms with Crippen LogP contribution in [0, 0.1) is 0 Å². The molecule has 0 radical (unpaired) electrons. The van der Waals surface area contributed by atoms with Crippen molar-refractivity contribution in [1.82, 2.24) is 5.32 Å². The van der Waals surface area contributed by atoms with Gasteiger partial charge in [0.1, 0.15) is 5.75 Å².